The smallest absolute Gasteiger partial charge is 0.254 e. The summed E-state index contributed by atoms with van der Waals surface area (Å²) in [6, 6.07) is 21.9. The lowest BCUT2D eigenvalue weighted by Crippen LogP contribution is -2.40. The second kappa shape index (κ2) is 6.91. The number of H-pyrrole nitrogens is 1. The molecule has 0 fully saturated rings. The molecule has 0 saturated heterocycles. The molecule has 0 aliphatic carbocycles. The van der Waals surface area contributed by atoms with Gasteiger partial charge in [-0.15, -0.1) is 0 Å². The monoisotopic (exact) mass is 410 g/mol. The van der Waals surface area contributed by atoms with Gasteiger partial charge < -0.3 is 19.4 Å². The molecule has 0 unspecified atom stereocenters. The fraction of sp³-hybridized carbons (Fsp3) is 0.192. The zero-order chi connectivity index (χ0) is 20.9. The summed E-state index contributed by atoms with van der Waals surface area (Å²) in [7, 11) is 0. The Bertz CT molecular complexity index is 1310. The number of amides is 1. The maximum absolute atomic E-state index is 13.6. The van der Waals surface area contributed by atoms with Crippen molar-refractivity contribution in [2.45, 2.75) is 19.4 Å². The summed E-state index contributed by atoms with van der Waals surface area (Å²) < 4.78 is 11.1. The van der Waals surface area contributed by atoms with Crippen molar-refractivity contribution >= 4 is 16.8 Å². The molecule has 3 heterocycles. The predicted molar refractivity (Wildman–Crippen MR) is 119 cm³/mol. The molecule has 1 amide bonds. The lowest BCUT2D eigenvalue weighted by molar-refractivity contribution is 0.0691. The van der Waals surface area contributed by atoms with Crippen LogP contribution in [0.3, 0.4) is 0 Å². The number of hydrogen-bond acceptors (Lipinski definition) is 3. The van der Waals surface area contributed by atoms with Gasteiger partial charge in [-0.05, 0) is 54.8 Å². The van der Waals surface area contributed by atoms with Crippen molar-refractivity contribution < 1.29 is 14.3 Å². The van der Waals surface area contributed by atoms with Crippen LogP contribution < -0.4 is 9.47 Å². The molecule has 2 aliphatic rings. The predicted octanol–water partition coefficient (Wildman–Crippen LogP) is 4.99. The number of carbonyl (C=O) groups excluding carboxylic acids is 1. The Morgan fingerprint density at radius 3 is 2.68 bits per heavy atom. The first-order valence-corrected chi connectivity index (χ1v) is 10.6. The van der Waals surface area contributed by atoms with Crippen LogP contribution in [-0.2, 0) is 6.42 Å². The number of aryl methyl sites for hydroxylation is 1. The van der Waals surface area contributed by atoms with Crippen LogP contribution in [0, 0.1) is 6.92 Å². The summed E-state index contributed by atoms with van der Waals surface area (Å²) in [6.45, 7) is 2.91. The SMILES string of the molecule is Cc1ccc(C(=O)N2CCc3c([nH]c4ccccc34)[C@H]2c2ccc3c(c2)OCO3)cc1. The Morgan fingerprint density at radius 2 is 1.81 bits per heavy atom. The molecular formula is C26H22N2O3. The van der Waals surface area contributed by atoms with E-state index in [0.29, 0.717) is 12.1 Å². The number of para-hydroxylation sites is 1. The van der Waals surface area contributed by atoms with E-state index in [2.05, 4.69) is 23.2 Å². The van der Waals surface area contributed by atoms with E-state index in [1.54, 1.807) is 0 Å². The van der Waals surface area contributed by atoms with Gasteiger partial charge in [0, 0.05) is 28.7 Å². The Morgan fingerprint density at radius 1 is 1.00 bits per heavy atom. The minimum Gasteiger partial charge on any atom is -0.454 e. The summed E-state index contributed by atoms with van der Waals surface area (Å²) in [6.07, 6.45) is 0.817. The van der Waals surface area contributed by atoms with E-state index in [0.717, 1.165) is 40.3 Å². The third kappa shape index (κ3) is 2.88. The van der Waals surface area contributed by atoms with Gasteiger partial charge in [-0.1, -0.05) is 42.0 Å². The van der Waals surface area contributed by atoms with Crippen molar-refractivity contribution in [2.75, 3.05) is 13.3 Å². The number of ether oxygens (including phenoxy) is 2. The number of carbonyl (C=O) groups is 1. The van der Waals surface area contributed by atoms with E-state index in [4.69, 9.17) is 9.47 Å². The Hall–Kier alpha value is -3.73. The minimum atomic E-state index is -0.223. The highest BCUT2D eigenvalue weighted by molar-refractivity contribution is 5.95. The molecule has 2 aliphatic heterocycles. The van der Waals surface area contributed by atoms with Crippen LogP contribution in [0.25, 0.3) is 10.9 Å². The van der Waals surface area contributed by atoms with E-state index in [9.17, 15) is 4.79 Å². The number of rotatable bonds is 2. The normalized spacial score (nSPS) is 17.1. The number of hydrogen-bond donors (Lipinski definition) is 1. The highest BCUT2D eigenvalue weighted by Crippen LogP contribution is 2.42. The van der Waals surface area contributed by atoms with E-state index in [1.165, 1.54) is 10.9 Å². The van der Waals surface area contributed by atoms with E-state index >= 15 is 0 Å². The molecule has 0 spiro atoms. The van der Waals surface area contributed by atoms with Crippen molar-refractivity contribution in [2.24, 2.45) is 0 Å². The number of aromatic amines is 1. The van der Waals surface area contributed by atoms with Gasteiger partial charge in [0.1, 0.15) is 0 Å². The van der Waals surface area contributed by atoms with E-state index < -0.39 is 0 Å². The van der Waals surface area contributed by atoms with E-state index in [-0.39, 0.29) is 18.7 Å². The summed E-state index contributed by atoms with van der Waals surface area (Å²) in [5.74, 6) is 1.50. The maximum Gasteiger partial charge on any atom is 0.254 e. The van der Waals surface area contributed by atoms with Crippen LogP contribution in [0.15, 0.2) is 66.7 Å². The molecule has 4 aromatic rings. The average Bonchev–Trinajstić information content (AvgIpc) is 3.42. The molecule has 5 heteroatoms. The zero-order valence-corrected chi connectivity index (χ0v) is 17.2. The van der Waals surface area contributed by atoms with Crippen molar-refractivity contribution in [3.63, 3.8) is 0 Å². The van der Waals surface area contributed by atoms with Crippen LogP contribution in [-0.4, -0.2) is 29.1 Å². The van der Waals surface area contributed by atoms with Crippen molar-refractivity contribution in [3.05, 3.63) is 94.7 Å². The van der Waals surface area contributed by atoms with Gasteiger partial charge in [0.15, 0.2) is 11.5 Å². The first-order chi connectivity index (χ1) is 15.2. The number of nitrogens with zero attached hydrogens (tertiary/aromatic N) is 1. The molecule has 1 N–H and O–H groups in total. The fourth-order valence-electron chi connectivity index (χ4n) is 4.75. The van der Waals surface area contributed by atoms with Gasteiger partial charge in [-0.25, -0.2) is 0 Å². The first kappa shape index (κ1) is 18.1. The van der Waals surface area contributed by atoms with Crippen LogP contribution >= 0.6 is 0 Å². The Balaban J connectivity index is 1.51. The summed E-state index contributed by atoms with van der Waals surface area (Å²) >= 11 is 0. The van der Waals surface area contributed by atoms with Crippen molar-refractivity contribution in [1.29, 1.82) is 0 Å². The third-order valence-corrected chi connectivity index (χ3v) is 6.31. The molecule has 1 aromatic heterocycles. The highest BCUT2D eigenvalue weighted by Gasteiger charge is 2.35. The van der Waals surface area contributed by atoms with Gasteiger partial charge in [0.05, 0.1) is 6.04 Å². The van der Waals surface area contributed by atoms with Crippen molar-refractivity contribution in [1.82, 2.24) is 9.88 Å². The summed E-state index contributed by atoms with van der Waals surface area (Å²) in [5, 5.41) is 1.23. The second-order valence-electron chi connectivity index (χ2n) is 8.19. The fourth-order valence-corrected chi connectivity index (χ4v) is 4.75. The number of nitrogens with one attached hydrogen (secondary N) is 1. The molecule has 0 saturated carbocycles. The second-order valence-corrected chi connectivity index (χ2v) is 8.19. The largest absolute Gasteiger partial charge is 0.454 e. The number of aromatic nitrogens is 1. The Labute approximate surface area is 180 Å². The summed E-state index contributed by atoms with van der Waals surface area (Å²) in [5.41, 5.74) is 6.31. The van der Waals surface area contributed by atoms with Gasteiger partial charge in [-0.3, -0.25) is 4.79 Å². The lowest BCUT2D eigenvalue weighted by Gasteiger charge is -2.36. The van der Waals surface area contributed by atoms with Crippen LogP contribution in [0.5, 0.6) is 11.5 Å². The number of benzene rings is 3. The lowest BCUT2D eigenvalue weighted by atomic mass is 9.91. The van der Waals surface area contributed by atoms with Crippen LogP contribution in [0.1, 0.15) is 38.8 Å². The highest BCUT2D eigenvalue weighted by atomic mass is 16.7. The quantitative estimate of drug-likeness (QED) is 0.506. The van der Waals surface area contributed by atoms with Crippen LogP contribution in [0.2, 0.25) is 0 Å². The standard InChI is InChI=1S/C26H22N2O3/c1-16-6-8-17(9-7-16)26(29)28-13-12-20-19-4-2-3-5-21(19)27-24(20)25(28)18-10-11-22-23(14-18)31-15-30-22/h2-11,14,25,27H,12-13,15H2,1H3/t25-/m1/s1. The zero-order valence-electron chi connectivity index (χ0n) is 17.2. The van der Waals surface area contributed by atoms with Gasteiger partial charge in [-0.2, -0.15) is 0 Å². The van der Waals surface area contributed by atoms with Gasteiger partial charge in [0.25, 0.3) is 5.91 Å². The molecule has 5 nitrogen and oxygen atoms in total. The van der Waals surface area contributed by atoms with Gasteiger partial charge >= 0.3 is 0 Å². The molecule has 0 bridgehead atoms. The molecular weight excluding hydrogens is 388 g/mol. The molecule has 3 aromatic carbocycles. The van der Waals surface area contributed by atoms with Gasteiger partial charge in [0.2, 0.25) is 6.79 Å². The first-order valence-electron chi connectivity index (χ1n) is 10.6. The van der Waals surface area contributed by atoms with Crippen molar-refractivity contribution in [3.8, 4) is 11.5 Å². The average molecular weight is 410 g/mol. The van der Waals surface area contributed by atoms with E-state index in [1.807, 2.05) is 60.4 Å². The van der Waals surface area contributed by atoms with Crippen LogP contribution in [0.4, 0.5) is 0 Å². The maximum atomic E-state index is 13.6. The summed E-state index contributed by atoms with van der Waals surface area (Å²) in [4.78, 5) is 19.2. The molecule has 6 rings (SSSR count). The molecule has 31 heavy (non-hydrogen) atoms. The molecule has 154 valence electrons. The topological polar surface area (TPSA) is 54.6 Å². The third-order valence-electron chi connectivity index (χ3n) is 6.31. The minimum absolute atomic E-state index is 0.0342. The Kier molecular flexibility index (Phi) is 4.03. The molecule has 0 radical (unpaired) electrons. The number of fused-ring (bicyclic) bond motifs is 4. The molecule has 1 atom stereocenters.